The van der Waals surface area contributed by atoms with Gasteiger partial charge in [-0.2, -0.15) is 0 Å². The molecule has 0 bridgehead atoms. The highest BCUT2D eigenvalue weighted by molar-refractivity contribution is 5.86. The second-order valence-electron chi connectivity index (χ2n) is 5.54. The van der Waals surface area contributed by atoms with Crippen molar-refractivity contribution in [2.75, 3.05) is 27.2 Å². The van der Waals surface area contributed by atoms with Crippen molar-refractivity contribution in [2.45, 2.75) is 32.6 Å². The van der Waals surface area contributed by atoms with Gasteiger partial charge in [-0.1, -0.05) is 6.42 Å². The SMILES string of the molecule is CCN(CC(=O)N(C)C)C(=O)C1CCCC(C(=O)O)C1. The van der Waals surface area contributed by atoms with Crippen molar-refractivity contribution in [1.82, 2.24) is 9.80 Å². The van der Waals surface area contributed by atoms with Gasteiger partial charge in [0.2, 0.25) is 11.8 Å². The van der Waals surface area contributed by atoms with E-state index in [1.54, 1.807) is 14.1 Å². The summed E-state index contributed by atoms with van der Waals surface area (Å²) in [6, 6.07) is 0. The van der Waals surface area contributed by atoms with Gasteiger partial charge >= 0.3 is 5.97 Å². The molecule has 0 aromatic carbocycles. The molecule has 0 saturated heterocycles. The van der Waals surface area contributed by atoms with Crippen molar-refractivity contribution in [3.63, 3.8) is 0 Å². The van der Waals surface area contributed by atoms with Gasteiger partial charge < -0.3 is 14.9 Å². The second kappa shape index (κ2) is 7.26. The molecule has 114 valence electrons. The fourth-order valence-corrected chi connectivity index (χ4v) is 2.55. The molecule has 1 fully saturated rings. The number of carboxylic acid groups (broad SMARTS) is 1. The normalized spacial score (nSPS) is 22.1. The van der Waals surface area contributed by atoms with Crippen molar-refractivity contribution in [3.8, 4) is 0 Å². The first-order chi connectivity index (χ1) is 9.36. The van der Waals surface area contributed by atoms with E-state index in [1.165, 1.54) is 9.80 Å². The van der Waals surface area contributed by atoms with E-state index in [4.69, 9.17) is 5.11 Å². The highest BCUT2D eigenvalue weighted by Gasteiger charge is 2.33. The van der Waals surface area contributed by atoms with E-state index < -0.39 is 11.9 Å². The quantitative estimate of drug-likeness (QED) is 0.810. The van der Waals surface area contributed by atoms with Gasteiger partial charge in [-0.05, 0) is 26.2 Å². The third-order valence-electron chi connectivity index (χ3n) is 3.89. The zero-order chi connectivity index (χ0) is 15.3. The summed E-state index contributed by atoms with van der Waals surface area (Å²) in [5.41, 5.74) is 0. The minimum atomic E-state index is -0.824. The summed E-state index contributed by atoms with van der Waals surface area (Å²) in [6.07, 6.45) is 2.50. The van der Waals surface area contributed by atoms with E-state index in [2.05, 4.69) is 0 Å². The molecule has 1 N–H and O–H groups in total. The van der Waals surface area contributed by atoms with Crippen LogP contribution in [0.2, 0.25) is 0 Å². The van der Waals surface area contributed by atoms with Gasteiger partial charge in [0, 0.05) is 26.6 Å². The average Bonchev–Trinajstić information content (AvgIpc) is 2.43. The van der Waals surface area contributed by atoms with E-state index in [0.29, 0.717) is 19.4 Å². The summed E-state index contributed by atoms with van der Waals surface area (Å²) < 4.78 is 0. The fourth-order valence-electron chi connectivity index (χ4n) is 2.55. The van der Waals surface area contributed by atoms with Crippen LogP contribution in [-0.2, 0) is 14.4 Å². The Bertz CT molecular complexity index is 381. The van der Waals surface area contributed by atoms with Gasteiger partial charge in [0.1, 0.15) is 0 Å². The first-order valence-corrected chi connectivity index (χ1v) is 7.08. The molecule has 0 radical (unpaired) electrons. The van der Waals surface area contributed by atoms with Crippen molar-refractivity contribution < 1.29 is 19.5 Å². The summed E-state index contributed by atoms with van der Waals surface area (Å²) in [5.74, 6) is -1.73. The zero-order valence-corrected chi connectivity index (χ0v) is 12.5. The third-order valence-corrected chi connectivity index (χ3v) is 3.89. The number of carbonyl (C=O) groups is 3. The smallest absolute Gasteiger partial charge is 0.306 e. The van der Waals surface area contributed by atoms with Crippen molar-refractivity contribution in [1.29, 1.82) is 0 Å². The number of hydrogen-bond donors (Lipinski definition) is 1. The number of nitrogens with zero attached hydrogens (tertiary/aromatic N) is 2. The molecule has 0 heterocycles. The number of hydrogen-bond acceptors (Lipinski definition) is 3. The molecule has 0 aliphatic heterocycles. The van der Waals surface area contributed by atoms with Crippen LogP contribution >= 0.6 is 0 Å². The van der Waals surface area contributed by atoms with Crippen LogP contribution in [0.15, 0.2) is 0 Å². The van der Waals surface area contributed by atoms with Crippen LogP contribution in [0.5, 0.6) is 0 Å². The molecule has 6 heteroatoms. The van der Waals surface area contributed by atoms with Crippen LogP contribution < -0.4 is 0 Å². The molecule has 1 aliphatic rings. The lowest BCUT2D eigenvalue weighted by molar-refractivity contribution is -0.147. The maximum absolute atomic E-state index is 12.4. The van der Waals surface area contributed by atoms with Gasteiger partial charge in [-0.3, -0.25) is 14.4 Å². The van der Waals surface area contributed by atoms with Crippen LogP contribution in [0.1, 0.15) is 32.6 Å². The maximum Gasteiger partial charge on any atom is 0.306 e. The molecule has 2 atom stereocenters. The lowest BCUT2D eigenvalue weighted by atomic mass is 9.80. The summed E-state index contributed by atoms with van der Waals surface area (Å²) in [5, 5.41) is 9.07. The number of carbonyl (C=O) groups excluding carboxylic acids is 2. The first kappa shape index (κ1) is 16.5. The Morgan fingerprint density at radius 2 is 1.75 bits per heavy atom. The van der Waals surface area contributed by atoms with Gasteiger partial charge in [0.25, 0.3) is 0 Å². The summed E-state index contributed by atoms with van der Waals surface area (Å²) >= 11 is 0. The molecule has 1 aliphatic carbocycles. The van der Waals surface area contributed by atoms with E-state index in [9.17, 15) is 14.4 Å². The molecule has 1 saturated carbocycles. The topological polar surface area (TPSA) is 77.9 Å². The van der Waals surface area contributed by atoms with Crippen LogP contribution in [-0.4, -0.2) is 59.9 Å². The lowest BCUT2D eigenvalue weighted by Gasteiger charge is -2.31. The second-order valence-corrected chi connectivity index (χ2v) is 5.54. The Hall–Kier alpha value is -1.59. The number of aliphatic carboxylic acids is 1. The molecule has 1 rings (SSSR count). The Labute approximate surface area is 119 Å². The van der Waals surface area contributed by atoms with E-state index in [0.717, 1.165) is 12.8 Å². The van der Waals surface area contributed by atoms with Gasteiger partial charge in [-0.25, -0.2) is 0 Å². The standard InChI is InChI=1S/C14H24N2O4/c1-4-16(9-12(17)15(2)3)13(18)10-6-5-7-11(8-10)14(19)20/h10-11H,4-9H2,1-3H3,(H,19,20). The predicted molar refractivity (Wildman–Crippen MR) is 74.0 cm³/mol. The van der Waals surface area contributed by atoms with Crippen LogP contribution in [0.25, 0.3) is 0 Å². The van der Waals surface area contributed by atoms with Crippen molar-refractivity contribution in [2.24, 2.45) is 11.8 Å². The first-order valence-electron chi connectivity index (χ1n) is 7.08. The minimum Gasteiger partial charge on any atom is -0.481 e. The lowest BCUT2D eigenvalue weighted by Crippen LogP contribution is -2.44. The van der Waals surface area contributed by atoms with Crippen LogP contribution in [0.3, 0.4) is 0 Å². The monoisotopic (exact) mass is 284 g/mol. The molecule has 6 nitrogen and oxygen atoms in total. The fraction of sp³-hybridized carbons (Fsp3) is 0.786. The maximum atomic E-state index is 12.4. The number of rotatable bonds is 5. The number of amides is 2. The van der Waals surface area contributed by atoms with Crippen molar-refractivity contribution >= 4 is 17.8 Å². The Kier molecular flexibility index (Phi) is 5.98. The van der Waals surface area contributed by atoms with Crippen molar-refractivity contribution in [3.05, 3.63) is 0 Å². The van der Waals surface area contributed by atoms with Gasteiger partial charge in [0.15, 0.2) is 0 Å². The van der Waals surface area contributed by atoms with E-state index in [-0.39, 0.29) is 24.3 Å². The highest BCUT2D eigenvalue weighted by atomic mass is 16.4. The molecule has 2 amide bonds. The molecule has 2 unspecified atom stereocenters. The Morgan fingerprint density at radius 3 is 2.25 bits per heavy atom. The van der Waals surface area contributed by atoms with Crippen LogP contribution in [0.4, 0.5) is 0 Å². The molecular weight excluding hydrogens is 260 g/mol. The molecular formula is C14H24N2O4. The largest absolute Gasteiger partial charge is 0.481 e. The summed E-state index contributed by atoms with van der Waals surface area (Å²) in [6.45, 7) is 2.36. The molecule has 0 spiro atoms. The predicted octanol–water partition coefficient (Wildman–Crippen LogP) is 0.814. The molecule has 0 aromatic rings. The average molecular weight is 284 g/mol. The third kappa shape index (κ3) is 4.21. The number of carboxylic acids is 1. The van der Waals surface area contributed by atoms with E-state index in [1.807, 2.05) is 6.92 Å². The van der Waals surface area contributed by atoms with Gasteiger partial charge in [0.05, 0.1) is 12.5 Å². The van der Waals surface area contributed by atoms with Crippen LogP contribution in [0, 0.1) is 11.8 Å². The zero-order valence-electron chi connectivity index (χ0n) is 12.5. The van der Waals surface area contributed by atoms with E-state index >= 15 is 0 Å². The van der Waals surface area contributed by atoms with Gasteiger partial charge in [-0.15, -0.1) is 0 Å². The summed E-state index contributed by atoms with van der Waals surface area (Å²) in [4.78, 5) is 38.2. The Balaban J connectivity index is 2.66. The molecule has 20 heavy (non-hydrogen) atoms. The minimum absolute atomic E-state index is 0.0660. The summed E-state index contributed by atoms with van der Waals surface area (Å²) in [7, 11) is 3.31. The number of likely N-dealkylation sites (N-methyl/N-ethyl adjacent to an activating group) is 2. The molecule has 0 aromatic heterocycles. The highest BCUT2D eigenvalue weighted by Crippen LogP contribution is 2.30. The Morgan fingerprint density at radius 1 is 1.15 bits per heavy atom.